The molecule has 190 valence electrons. The summed E-state index contributed by atoms with van der Waals surface area (Å²) >= 11 is 0. The zero-order chi connectivity index (χ0) is 26.8. The second-order valence-corrected chi connectivity index (χ2v) is 10.00. The molecule has 0 aliphatic heterocycles. The Bertz CT molecular complexity index is 1430. The highest BCUT2D eigenvalue weighted by molar-refractivity contribution is 7.54. The zero-order valence-corrected chi connectivity index (χ0v) is 20.9. The Balaban J connectivity index is 2.01. The van der Waals surface area contributed by atoms with Gasteiger partial charge in [0, 0.05) is 16.5 Å². The van der Waals surface area contributed by atoms with Gasteiger partial charge in [0.05, 0.1) is 12.6 Å². The van der Waals surface area contributed by atoms with Gasteiger partial charge in [0.2, 0.25) is 5.78 Å². The number of hydrogen-bond donors (Lipinski definition) is 3. The van der Waals surface area contributed by atoms with Gasteiger partial charge in [-0.3, -0.25) is 14.4 Å². The number of Topliss-reactive ketones (excluding diaryl/α,β-unsaturated/α-hetero) is 1. The molecule has 0 bridgehead atoms. The maximum Gasteiger partial charge on any atom is 0.407 e. The molecule has 4 N–H and O–H groups in total. The molecule has 0 saturated heterocycles. The summed E-state index contributed by atoms with van der Waals surface area (Å²) in [6.45, 7) is 7.47. The van der Waals surface area contributed by atoms with Gasteiger partial charge >= 0.3 is 13.3 Å². The lowest BCUT2D eigenvalue weighted by atomic mass is 9.97. The van der Waals surface area contributed by atoms with Gasteiger partial charge in [-0.05, 0) is 62.7 Å². The molecule has 1 aromatic heterocycles. The van der Waals surface area contributed by atoms with Crippen molar-refractivity contribution in [1.29, 1.82) is 0 Å². The standard InChI is InChI=1S/C25H26F2N3O5P/c1-14(5-6-16-7-9-18(35-4)12-15(16)2)11-20-19-10-8-17(23(31)25(26,27)36(32,33)34)13-21(19)30-24(28)22(20)29-3/h7-13H,3,5-6H2,1-2,4H3,(H2,28,30)(H2,32,33,34)/b14-11+. The largest absolute Gasteiger partial charge is 0.497 e. The van der Waals surface area contributed by atoms with Crippen molar-refractivity contribution in [2.45, 2.75) is 32.4 Å². The van der Waals surface area contributed by atoms with Crippen LogP contribution >= 0.6 is 7.60 Å². The van der Waals surface area contributed by atoms with Crippen LogP contribution in [0.4, 0.5) is 20.3 Å². The predicted molar refractivity (Wildman–Crippen MR) is 136 cm³/mol. The van der Waals surface area contributed by atoms with E-state index in [1.807, 2.05) is 38.1 Å². The van der Waals surface area contributed by atoms with Crippen LogP contribution in [-0.2, 0) is 11.0 Å². The van der Waals surface area contributed by atoms with E-state index >= 15 is 0 Å². The number of methoxy groups -OCH3 is 1. The molecule has 8 nitrogen and oxygen atoms in total. The van der Waals surface area contributed by atoms with Gasteiger partial charge in [0.1, 0.15) is 11.4 Å². The molecular weight excluding hydrogens is 491 g/mol. The molecule has 0 aliphatic rings. The molecule has 1 heterocycles. The summed E-state index contributed by atoms with van der Waals surface area (Å²) in [6.07, 6.45) is 3.29. The van der Waals surface area contributed by atoms with Crippen molar-refractivity contribution >= 4 is 48.6 Å². The Morgan fingerprint density at radius 2 is 1.97 bits per heavy atom. The van der Waals surface area contributed by atoms with Gasteiger partial charge in [0.25, 0.3) is 0 Å². The third kappa shape index (κ3) is 5.36. The highest BCUT2D eigenvalue weighted by Crippen LogP contribution is 2.54. The first-order valence-corrected chi connectivity index (χ1v) is 12.4. The minimum absolute atomic E-state index is 0.0334. The monoisotopic (exact) mass is 517 g/mol. The smallest absolute Gasteiger partial charge is 0.407 e. The van der Waals surface area contributed by atoms with E-state index in [9.17, 15) is 18.1 Å². The molecule has 0 saturated carbocycles. The lowest BCUT2D eigenvalue weighted by Gasteiger charge is -2.17. The van der Waals surface area contributed by atoms with Gasteiger partial charge in [-0.25, -0.2) is 4.98 Å². The van der Waals surface area contributed by atoms with Crippen LogP contribution in [0.1, 0.15) is 40.4 Å². The van der Waals surface area contributed by atoms with Crippen LogP contribution in [0.2, 0.25) is 0 Å². The second-order valence-electron chi connectivity index (χ2n) is 8.35. The Labute approximate surface area is 206 Å². The Morgan fingerprint density at radius 3 is 2.56 bits per heavy atom. The SMILES string of the molecule is C=Nc1c(N)nc2cc(C(=O)C(F)(F)P(=O)(O)O)ccc2c1/C=C(\C)CCc1ccc(OC)cc1C. The number of halogens is 2. The molecule has 0 aliphatic carbocycles. The lowest BCUT2D eigenvalue weighted by molar-refractivity contribution is 0.0411. The number of nitrogen functional groups attached to an aromatic ring is 1. The number of ketones is 1. The van der Waals surface area contributed by atoms with Crippen molar-refractivity contribution in [3.05, 3.63) is 64.2 Å². The fourth-order valence-electron chi connectivity index (χ4n) is 3.79. The number of carbonyl (C=O) groups excluding carboxylic acids is 1. The summed E-state index contributed by atoms with van der Waals surface area (Å²) in [4.78, 5) is 38.1. The van der Waals surface area contributed by atoms with Crippen LogP contribution in [0.5, 0.6) is 5.75 Å². The summed E-state index contributed by atoms with van der Waals surface area (Å²) in [6, 6.07) is 9.31. The highest BCUT2D eigenvalue weighted by atomic mass is 31.2. The maximum atomic E-state index is 14.0. The summed E-state index contributed by atoms with van der Waals surface area (Å²) in [5, 5.41) is 0.461. The van der Waals surface area contributed by atoms with Crippen molar-refractivity contribution < 1.29 is 32.7 Å². The van der Waals surface area contributed by atoms with Gasteiger partial charge in [0.15, 0.2) is 5.82 Å². The van der Waals surface area contributed by atoms with E-state index in [4.69, 9.17) is 20.3 Å². The van der Waals surface area contributed by atoms with E-state index in [1.165, 1.54) is 6.07 Å². The third-order valence-electron chi connectivity index (χ3n) is 5.82. The molecule has 3 rings (SSSR count). The molecule has 2 aromatic carbocycles. The van der Waals surface area contributed by atoms with E-state index in [2.05, 4.69) is 16.7 Å². The number of aliphatic imine (C=N–C) groups is 1. The number of alkyl halides is 2. The number of aryl methyl sites for hydroxylation is 2. The molecule has 0 unspecified atom stereocenters. The predicted octanol–water partition coefficient (Wildman–Crippen LogP) is 5.46. The fourth-order valence-corrected chi connectivity index (χ4v) is 4.18. The Morgan fingerprint density at radius 1 is 1.28 bits per heavy atom. The number of anilines is 1. The number of hydrogen-bond acceptors (Lipinski definition) is 6. The summed E-state index contributed by atoms with van der Waals surface area (Å²) in [5.74, 6) is -1.26. The van der Waals surface area contributed by atoms with Crippen molar-refractivity contribution in [1.82, 2.24) is 4.98 Å². The van der Waals surface area contributed by atoms with Gasteiger partial charge in [-0.2, -0.15) is 8.78 Å². The first kappa shape index (κ1) is 27.1. The van der Waals surface area contributed by atoms with E-state index in [0.717, 1.165) is 41.0 Å². The van der Waals surface area contributed by atoms with E-state index in [-0.39, 0.29) is 11.3 Å². The Kier molecular flexibility index (Phi) is 7.73. The molecule has 0 atom stereocenters. The number of carbonyl (C=O) groups is 1. The number of aromatic nitrogens is 1. The number of pyridine rings is 1. The lowest BCUT2D eigenvalue weighted by Crippen LogP contribution is -2.28. The molecule has 0 spiro atoms. The summed E-state index contributed by atoms with van der Waals surface area (Å²) in [5.41, 5.74) is 4.69. The van der Waals surface area contributed by atoms with Gasteiger partial charge < -0.3 is 20.3 Å². The van der Waals surface area contributed by atoms with Crippen LogP contribution in [-0.4, -0.2) is 40.0 Å². The molecule has 36 heavy (non-hydrogen) atoms. The third-order valence-corrected chi connectivity index (χ3v) is 6.75. The van der Waals surface area contributed by atoms with Gasteiger partial charge in [-0.1, -0.05) is 29.8 Å². The zero-order valence-electron chi connectivity index (χ0n) is 20.0. The number of nitrogens with zero attached hydrogens (tertiary/aromatic N) is 2. The van der Waals surface area contributed by atoms with E-state index in [0.29, 0.717) is 23.1 Å². The highest BCUT2D eigenvalue weighted by Gasteiger charge is 2.55. The normalized spacial score (nSPS) is 12.6. The molecule has 0 amide bonds. The average Bonchev–Trinajstić information content (AvgIpc) is 2.81. The number of fused-ring (bicyclic) bond motifs is 1. The van der Waals surface area contributed by atoms with E-state index in [1.54, 1.807) is 7.11 Å². The molecular formula is C25H26F2N3O5P. The van der Waals surface area contributed by atoms with Crippen molar-refractivity contribution in [3.8, 4) is 5.75 Å². The number of benzene rings is 2. The van der Waals surface area contributed by atoms with Crippen LogP contribution in [0, 0.1) is 6.92 Å². The molecule has 11 heteroatoms. The first-order chi connectivity index (χ1) is 16.8. The van der Waals surface area contributed by atoms with Crippen molar-refractivity contribution in [3.63, 3.8) is 0 Å². The van der Waals surface area contributed by atoms with Crippen molar-refractivity contribution in [2.24, 2.45) is 4.99 Å². The van der Waals surface area contributed by atoms with Crippen LogP contribution in [0.25, 0.3) is 17.0 Å². The van der Waals surface area contributed by atoms with Crippen LogP contribution < -0.4 is 10.5 Å². The Hall–Kier alpha value is -3.46. The minimum Gasteiger partial charge on any atom is -0.497 e. The van der Waals surface area contributed by atoms with Gasteiger partial charge in [-0.15, -0.1) is 0 Å². The molecule has 3 aromatic rings. The molecule has 0 radical (unpaired) electrons. The fraction of sp³-hybridized carbons (Fsp3) is 0.240. The number of rotatable bonds is 9. The number of allylic oxidation sites excluding steroid dienone is 1. The maximum absolute atomic E-state index is 14.0. The minimum atomic E-state index is -6.01. The summed E-state index contributed by atoms with van der Waals surface area (Å²) < 4.78 is 44.3. The first-order valence-electron chi connectivity index (χ1n) is 10.8. The topological polar surface area (TPSA) is 135 Å². The molecule has 0 fully saturated rings. The van der Waals surface area contributed by atoms with E-state index < -0.39 is 24.6 Å². The van der Waals surface area contributed by atoms with Crippen LogP contribution in [0.3, 0.4) is 0 Å². The summed E-state index contributed by atoms with van der Waals surface area (Å²) in [7, 11) is -4.40. The van der Waals surface area contributed by atoms with Crippen molar-refractivity contribution in [2.75, 3.05) is 12.8 Å². The number of ether oxygens (including phenoxy) is 1. The quantitative estimate of drug-likeness (QED) is 0.195. The van der Waals surface area contributed by atoms with Crippen LogP contribution in [0.15, 0.2) is 47.0 Å². The number of nitrogens with two attached hydrogens (primary N) is 1. The second kappa shape index (κ2) is 10.3. The average molecular weight is 517 g/mol.